The highest BCUT2D eigenvalue weighted by atomic mass is 16.3. The molecule has 1 unspecified atom stereocenters. The van der Waals surface area contributed by atoms with E-state index in [9.17, 15) is 9.90 Å². The number of β-amino-alcohol motifs (C(OH)–C–C–N with tert-alkyl or cyclic N) is 1. The number of carbonyl (C=O) groups excluding carboxylic acids is 1. The van der Waals surface area contributed by atoms with Gasteiger partial charge in [0.1, 0.15) is 5.54 Å². The molecule has 100 valence electrons. The van der Waals surface area contributed by atoms with Crippen LogP contribution in [0.5, 0.6) is 0 Å². The topological polar surface area (TPSA) is 76.4 Å². The predicted molar refractivity (Wildman–Crippen MR) is 66.6 cm³/mol. The third kappa shape index (κ3) is 2.65. The van der Waals surface area contributed by atoms with Crippen molar-refractivity contribution in [2.45, 2.75) is 44.2 Å². The van der Waals surface area contributed by atoms with Gasteiger partial charge in [-0.15, -0.1) is 0 Å². The summed E-state index contributed by atoms with van der Waals surface area (Å²) in [4.78, 5) is 13.8. The Morgan fingerprint density at radius 1 is 1.61 bits per heavy atom. The predicted octanol–water partition coefficient (Wildman–Crippen LogP) is 0.252. The summed E-state index contributed by atoms with van der Waals surface area (Å²) in [5, 5.41) is 21.8. The van der Waals surface area contributed by atoms with Crippen molar-refractivity contribution in [3.05, 3.63) is 0 Å². The Morgan fingerprint density at radius 2 is 2.22 bits per heavy atom. The van der Waals surface area contributed by atoms with Gasteiger partial charge in [0, 0.05) is 13.1 Å². The van der Waals surface area contributed by atoms with Crippen LogP contribution >= 0.6 is 0 Å². The highest BCUT2D eigenvalue weighted by Crippen LogP contribution is 2.39. The van der Waals surface area contributed by atoms with E-state index in [-0.39, 0.29) is 12.5 Å². The number of carbonyl (C=O) groups is 1. The number of nitrogens with one attached hydrogen (secondary N) is 1. The lowest BCUT2D eigenvalue weighted by atomic mass is 9.91. The maximum Gasteiger partial charge on any atom is 0.235 e. The van der Waals surface area contributed by atoms with Crippen molar-refractivity contribution in [1.82, 2.24) is 10.2 Å². The molecule has 0 radical (unpaired) electrons. The van der Waals surface area contributed by atoms with E-state index in [0.29, 0.717) is 25.4 Å². The molecule has 1 amide bonds. The number of likely N-dealkylation sites (tertiary alicyclic amines) is 1. The van der Waals surface area contributed by atoms with Gasteiger partial charge in [-0.25, -0.2) is 0 Å². The highest BCUT2D eigenvalue weighted by Gasteiger charge is 2.44. The summed E-state index contributed by atoms with van der Waals surface area (Å²) in [5.74, 6) is 0.180. The Balaban J connectivity index is 1.78. The fourth-order valence-corrected chi connectivity index (χ4v) is 2.54. The molecule has 0 spiro atoms. The Kier molecular flexibility index (Phi) is 3.35. The summed E-state index contributed by atoms with van der Waals surface area (Å²) < 4.78 is 0. The zero-order chi connectivity index (χ0) is 13.4. The van der Waals surface area contributed by atoms with Gasteiger partial charge in [-0.1, -0.05) is 6.92 Å². The van der Waals surface area contributed by atoms with E-state index >= 15 is 0 Å². The molecule has 1 heterocycles. The van der Waals surface area contributed by atoms with Crippen molar-refractivity contribution >= 4 is 5.91 Å². The molecular formula is C13H21N3O2. The average Bonchev–Trinajstić information content (AvgIpc) is 3.10. The highest BCUT2D eigenvalue weighted by molar-refractivity contribution is 5.79. The van der Waals surface area contributed by atoms with E-state index in [4.69, 9.17) is 5.26 Å². The quantitative estimate of drug-likeness (QED) is 0.734. The summed E-state index contributed by atoms with van der Waals surface area (Å²) in [7, 11) is 0. The number of nitrogens with zero attached hydrogens (tertiary/aromatic N) is 2. The van der Waals surface area contributed by atoms with E-state index in [0.717, 1.165) is 12.8 Å². The van der Waals surface area contributed by atoms with E-state index < -0.39 is 11.1 Å². The van der Waals surface area contributed by atoms with Crippen LogP contribution in [-0.2, 0) is 4.79 Å². The largest absolute Gasteiger partial charge is 0.387 e. The first-order chi connectivity index (χ1) is 8.41. The summed E-state index contributed by atoms with van der Waals surface area (Å²) >= 11 is 0. The Labute approximate surface area is 108 Å². The van der Waals surface area contributed by atoms with Crippen LogP contribution in [-0.4, -0.2) is 46.7 Å². The van der Waals surface area contributed by atoms with Crippen LogP contribution in [0.2, 0.25) is 0 Å². The van der Waals surface area contributed by atoms with Gasteiger partial charge in [-0.05, 0) is 32.1 Å². The third-order valence-corrected chi connectivity index (χ3v) is 4.09. The van der Waals surface area contributed by atoms with Crippen LogP contribution in [0, 0.1) is 17.2 Å². The molecule has 1 aliphatic carbocycles. The van der Waals surface area contributed by atoms with Crippen LogP contribution in [0.4, 0.5) is 0 Å². The van der Waals surface area contributed by atoms with Crippen molar-refractivity contribution in [3.63, 3.8) is 0 Å². The Hall–Kier alpha value is -1.12. The van der Waals surface area contributed by atoms with Crippen molar-refractivity contribution in [2.24, 2.45) is 5.92 Å². The smallest absolute Gasteiger partial charge is 0.235 e. The molecule has 1 saturated carbocycles. The van der Waals surface area contributed by atoms with Gasteiger partial charge in [-0.2, -0.15) is 5.26 Å². The van der Waals surface area contributed by atoms with Gasteiger partial charge >= 0.3 is 0 Å². The molecule has 1 saturated heterocycles. The molecule has 0 aromatic heterocycles. The monoisotopic (exact) mass is 251 g/mol. The molecule has 18 heavy (non-hydrogen) atoms. The molecule has 0 aromatic carbocycles. The molecule has 2 N–H and O–H groups in total. The van der Waals surface area contributed by atoms with E-state index in [1.165, 1.54) is 0 Å². The maximum absolute atomic E-state index is 11.9. The molecule has 5 nitrogen and oxygen atoms in total. The van der Waals surface area contributed by atoms with Crippen LogP contribution in [0.1, 0.15) is 33.1 Å². The SMILES string of the molecule is CCC1(O)CN(CC(=O)NC(C)(C#N)C2CC2)C1. The normalized spacial score (nSPS) is 25.7. The van der Waals surface area contributed by atoms with Gasteiger partial charge in [0.25, 0.3) is 0 Å². The average molecular weight is 251 g/mol. The van der Waals surface area contributed by atoms with Gasteiger partial charge in [0.15, 0.2) is 0 Å². The first-order valence-corrected chi connectivity index (χ1v) is 6.58. The van der Waals surface area contributed by atoms with E-state index in [1.54, 1.807) is 6.92 Å². The minimum Gasteiger partial charge on any atom is -0.387 e. The molecule has 0 aromatic rings. The lowest BCUT2D eigenvalue weighted by Crippen LogP contribution is -2.63. The summed E-state index contributed by atoms with van der Waals surface area (Å²) in [6, 6.07) is 2.21. The zero-order valence-corrected chi connectivity index (χ0v) is 11.1. The van der Waals surface area contributed by atoms with Crippen molar-refractivity contribution in [1.29, 1.82) is 5.26 Å². The lowest BCUT2D eigenvalue weighted by molar-refractivity contribution is -0.134. The summed E-state index contributed by atoms with van der Waals surface area (Å²) in [6.45, 7) is 5.10. The van der Waals surface area contributed by atoms with Crippen LogP contribution in [0.25, 0.3) is 0 Å². The lowest BCUT2D eigenvalue weighted by Gasteiger charge is -2.46. The molecule has 2 rings (SSSR count). The van der Waals surface area contributed by atoms with Gasteiger partial charge in [0.2, 0.25) is 5.91 Å². The van der Waals surface area contributed by atoms with Crippen molar-refractivity contribution in [2.75, 3.05) is 19.6 Å². The minimum absolute atomic E-state index is 0.121. The van der Waals surface area contributed by atoms with Crippen molar-refractivity contribution < 1.29 is 9.90 Å². The Morgan fingerprint density at radius 3 is 2.67 bits per heavy atom. The van der Waals surface area contributed by atoms with Crippen LogP contribution < -0.4 is 5.32 Å². The molecule has 1 atom stereocenters. The summed E-state index contributed by atoms with van der Waals surface area (Å²) in [5.41, 5.74) is -1.34. The fraction of sp³-hybridized carbons (Fsp3) is 0.846. The number of nitriles is 1. The van der Waals surface area contributed by atoms with Crippen LogP contribution in [0.3, 0.4) is 0 Å². The third-order valence-electron chi connectivity index (χ3n) is 4.09. The molecule has 2 fully saturated rings. The number of amides is 1. The van der Waals surface area contributed by atoms with E-state index in [2.05, 4.69) is 11.4 Å². The Bertz CT molecular complexity index is 380. The van der Waals surface area contributed by atoms with Crippen molar-refractivity contribution in [3.8, 4) is 6.07 Å². The van der Waals surface area contributed by atoms with Gasteiger partial charge < -0.3 is 10.4 Å². The molecule has 5 heteroatoms. The second kappa shape index (κ2) is 4.52. The standard InChI is InChI=1S/C13H21N3O2/c1-3-13(18)8-16(9-13)6-11(17)15-12(2,7-14)10-4-5-10/h10,18H,3-6,8-9H2,1-2H3,(H,15,17). The molecular weight excluding hydrogens is 230 g/mol. The molecule has 1 aliphatic heterocycles. The number of hydrogen-bond donors (Lipinski definition) is 2. The second-order valence-electron chi connectivity index (χ2n) is 5.86. The number of aliphatic hydroxyl groups is 1. The van der Waals surface area contributed by atoms with E-state index in [1.807, 2.05) is 11.8 Å². The fourth-order valence-electron chi connectivity index (χ4n) is 2.54. The van der Waals surface area contributed by atoms with Gasteiger partial charge in [0.05, 0.1) is 18.2 Å². The minimum atomic E-state index is -0.719. The van der Waals surface area contributed by atoms with Gasteiger partial charge in [-0.3, -0.25) is 9.69 Å². The zero-order valence-electron chi connectivity index (χ0n) is 11.1. The number of rotatable bonds is 5. The maximum atomic E-state index is 11.9. The second-order valence-corrected chi connectivity index (χ2v) is 5.86. The first-order valence-electron chi connectivity index (χ1n) is 6.58. The van der Waals surface area contributed by atoms with Crippen LogP contribution in [0.15, 0.2) is 0 Å². The number of hydrogen-bond acceptors (Lipinski definition) is 4. The molecule has 2 aliphatic rings. The first kappa shape index (κ1) is 13.3. The molecule has 0 bridgehead atoms. The summed E-state index contributed by atoms with van der Waals surface area (Å²) in [6.07, 6.45) is 2.75.